The standard InChI is InChI=1S/C11H14BrNO2/c1-11(2,9(13)10(14)15)7-3-5-8(12)6-4-7/h3-6,9H,13H2,1-2H3,(H,14,15)/t9-/m1/s1. The molecule has 0 unspecified atom stereocenters. The molecule has 4 heteroatoms. The quantitative estimate of drug-likeness (QED) is 0.886. The third kappa shape index (κ3) is 2.58. The zero-order valence-corrected chi connectivity index (χ0v) is 10.3. The van der Waals surface area contributed by atoms with E-state index in [2.05, 4.69) is 15.9 Å². The number of aliphatic carboxylic acids is 1. The maximum Gasteiger partial charge on any atom is 0.321 e. The molecule has 0 aliphatic carbocycles. The molecule has 15 heavy (non-hydrogen) atoms. The Morgan fingerprint density at radius 3 is 2.27 bits per heavy atom. The Kier molecular flexibility index (Phi) is 3.52. The molecular weight excluding hydrogens is 258 g/mol. The number of hydrogen-bond acceptors (Lipinski definition) is 2. The van der Waals surface area contributed by atoms with Crippen LogP contribution < -0.4 is 5.73 Å². The number of halogens is 1. The Morgan fingerprint density at radius 2 is 1.87 bits per heavy atom. The SMILES string of the molecule is CC(C)(c1ccc(Br)cc1)[C@H](N)C(=O)O. The normalized spacial score (nSPS) is 13.6. The summed E-state index contributed by atoms with van der Waals surface area (Å²) in [7, 11) is 0. The molecular formula is C11H14BrNO2. The molecule has 0 spiro atoms. The first-order valence-electron chi connectivity index (χ1n) is 4.60. The first-order chi connectivity index (χ1) is 6.85. The Hall–Kier alpha value is -0.870. The number of carboxylic acids is 1. The van der Waals surface area contributed by atoms with E-state index < -0.39 is 17.4 Å². The fourth-order valence-corrected chi connectivity index (χ4v) is 1.63. The molecule has 1 atom stereocenters. The maximum atomic E-state index is 10.9. The van der Waals surface area contributed by atoms with Crippen molar-refractivity contribution in [2.24, 2.45) is 5.73 Å². The van der Waals surface area contributed by atoms with Gasteiger partial charge in [0.25, 0.3) is 0 Å². The second kappa shape index (κ2) is 4.33. The number of nitrogens with two attached hydrogens (primary N) is 1. The van der Waals surface area contributed by atoms with Gasteiger partial charge in [0.05, 0.1) is 0 Å². The van der Waals surface area contributed by atoms with Crippen LogP contribution in [0.4, 0.5) is 0 Å². The largest absolute Gasteiger partial charge is 0.480 e. The topological polar surface area (TPSA) is 63.3 Å². The van der Waals surface area contributed by atoms with Crippen molar-refractivity contribution < 1.29 is 9.90 Å². The van der Waals surface area contributed by atoms with Gasteiger partial charge in [-0.2, -0.15) is 0 Å². The predicted molar refractivity (Wildman–Crippen MR) is 62.8 cm³/mol. The lowest BCUT2D eigenvalue weighted by atomic mass is 9.78. The van der Waals surface area contributed by atoms with E-state index in [1.54, 1.807) is 0 Å². The number of benzene rings is 1. The van der Waals surface area contributed by atoms with Crippen molar-refractivity contribution in [1.82, 2.24) is 0 Å². The molecule has 3 nitrogen and oxygen atoms in total. The highest BCUT2D eigenvalue weighted by Gasteiger charge is 2.33. The lowest BCUT2D eigenvalue weighted by Crippen LogP contribution is -2.46. The highest BCUT2D eigenvalue weighted by atomic mass is 79.9. The van der Waals surface area contributed by atoms with E-state index >= 15 is 0 Å². The van der Waals surface area contributed by atoms with E-state index in [-0.39, 0.29) is 0 Å². The minimum absolute atomic E-state index is 0.577. The first kappa shape index (κ1) is 12.2. The second-order valence-electron chi connectivity index (χ2n) is 4.04. The smallest absolute Gasteiger partial charge is 0.321 e. The fraction of sp³-hybridized carbons (Fsp3) is 0.364. The number of hydrogen-bond donors (Lipinski definition) is 2. The Bertz CT molecular complexity index is 359. The van der Waals surface area contributed by atoms with E-state index in [4.69, 9.17) is 10.8 Å². The molecule has 0 aliphatic rings. The van der Waals surface area contributed by atoms with E-state index in [1.807, 2.05) is 38.1 Å². The molecule has 0 heterocycles. The summed E-state index contributed by atoms with van der Waals surface area (Å²) in [6, 6.07) is 6.62. The molecule has 3 N–H and O–H groups in total. The van der Waals surface area contributed by atoms with Crippen molar-refractivity contribution in [3.63, 3.8) is 0 Å². The molecule has 0 bridgehead atoms. The van der Waals surface area contributed by atoms with Crippen molar-refractivity contribution in [3.05, 3.63) is 34.3 Å². The van der Waals surface area contributed by atoms with Gasteiger partial charge < -0.3 is 10.8 Å². The maximum absolute atomic E-state index is 10.9. The molecule has 1 aromatic carbocycles. The lowest BCUT2D eigenvalue weighted by Gasteiger charge is -2.29. The Morgan fingerprint density at radius 1 is 1.40 bits per heavy atom. The van der Waals surface area contributed by atoms with E-state index in [0.717, 1.165) is 10.0 Å². The molecule has 0 saturated carbocycles. The third-order valence-electron chi connectivity index (χ3n) is 2.63. The van der Waals surface area contributed by atoms with E-state index in [0.29, 0.717) is 0 Å². The van der Waals surface area contributed by atoms with E-state index in [1.165, 1.54) is 0 Å². The molecule has 1 aromatic rings. The van der Waals surface area contributed by atoms with Gasteiger partial charge >= 0.3 is 5.97 Å². The number of carbonyl (C=O) groups is 1. The minimum atomic E-state index is -0.983. The van der Waals surface area contributed by atoms with Gasteiger partial charge in [-0.25, -0.2) is 0 Å². The Balaban J connectivity index is 3.05. The molecule has 0 fully saturated rings. The van der Waals surface area contributed by atoms with Crippen molar-refractivity contribution in [1.29, 1.82) is 0 Å². The van der Waals surface area contributed by atoms with Crippen LogP contribution in [-0.2, 0) is 10.2 Å². The first-order valence-corrected chi connectivity index (χ1v) is 5.39. The fourth-order valence-electron chi connectivity index (χ4n) is 1.37. The monoisotopic (exact) mass is 271 g/mol. The molecule has 0 radical (unpaired) electrons. The zero-order valence-electron chi connectivity index (χ0n) is 8.70. The molecule has 0 aliphatic heterocycles. The van der Waals surface area contributed by atoms with Gasteiger partial charge in [0.15, 0.2) is 0 Å². The molecule has 82 valence electrons. The van der Waals surface area contributed by atoms with Crippen molar-refractivity contribution in [2.75, 3.05) is 0 Å². The molecule has 0 saturated heterocycles. The summed E-state index contributed by atoms with van der Waals surface area (Å²) in [5.41, 5.74) is 5.99. The highest BCUT2D eigenvalue weighted by Crippen LogP contribution is 2.27. The van der Waals surface area contributed by atoms with Crippen LogP contribution in [0.1, 0.15) is 19.4 Å². The molecule has 0 aromatic heterocycles. The summed E-state index contributed by atoms with van der Waals surface area (Å²) in [5.74, 6) is -0.983. The second-order valence-corrected chi connectivity index (χ2v) is 4.96. The van der Waals surface area contributed by atoms with Gasteiger partial charge in [-0.05, 0) is 17.7 Å². The summed E-state index contributed by atoms with van der Waals surface area (Å²) in [6.45, 7) is 3.66. The molecule has 0 amide bonds. The number of carboxylic acid groups (broad SMARTS) is 1. The predicted octanol–water partition coefficient (Wildman–Crippen LogP) is 2.14. The number of rotatable bonds is 3. The Labute approximate surface area is 97.4 Å². The average Bonchev–Trinajstić information content (AvgIpc) is 2.17. The summed E-state index contributed by atoms with van der Waals surface area (Å²) >= 11 is 3.33. The van der Waals surface area contributed by atoms with Crippen molar-refractivity contribution >= 4 is 21.9 Å². The van der Waals surface area contributed by atoms with Crippen LogP contribution in [0.15, 0.2) is 28.7 Å². The zero-order chi connectivity index (χ0) is 11.6. The van der Waals surface area contributed by atoms with Crippen LogP contribution in [0.5, 0.6) is 0 Å². The van der Waals surface area contributed by atoms with E-state index in [9.17, 15) is 4.79 Å². The van der Waals surface area contributed by atoms with Gasteiger partial charge in [0.2, 0.25) is 0 Å². The van der Waals surface area contributed by atoms with Crippen LogP contribution in [0.2, 0.25) is 0 Å². The van der Waals surface area contributed by atoms with Gasteiger partial charge in [-0.1, -0.05) is 41.9 Å². The minimum Gasteiger partial charge on any atom is -0.480 e. The van der Waals surface area contributed by atoms with Gasteiger partial charge in [0.1, 0.15) is 6.04 Å². The van der Waals surface area contributed by atoms with Gasteiger partial charge in [-0.3, -0.25) is 4.79 Å². The summed E-state index contributed by atoms with van der Waals surface area (Å²) in [4.78, 5) is 10.9. The molecule has 1 rings (SSSR count). The summed E-state index contributed by atoms with van der Waals surface area (Å²) in [6.07, 6.45) is 0. The van der Waals surface area contributed by atoms with Crippen molar-refractivity contribution in [3.8, 4) is 0 Å². The third-order valence-corrected chi connectivity index (χ3v) is 3.16. The highest BCUT2D eigenvalue weighted by molar-refractivity contribution is 9.10. The van der Waals surface area contributed by atoms with Crippen LogP contribution in [0.25, 0.3) is 0 Å². The summed E-state index contributed by atoms with van der Waals surface area (Å²) < 4.78 is 0.964. The van der Waals surface area contributed by atoms with Crippen LogP contribution in [0.3, 0.4) is 0 Å². The summed E-state index contributed by atoms with van der Waals surface area (Å²) in [5, 5.41) is 8.90. The van der Waals surface area contributed by atoms with Crippen molar-refractivity contribution in [2.45, 2.75) is 25.3 Å². The average molecular weight is 272 g/mol. The van der Waals surface area contributed by atoms with Crippen LogP contribution in [0, 0.1) is 0 Å². The van der Waals surface area contributed by atoms with Gasteiger partial charge in [0, 0.05) is 9.89 Å². The van der Waals surface area contributed by atoms with Crippen LogP contribution in [-0.4, -0.2) is 17.1 Å². The lowest BCUT2D eigenvalue weighted by molar-refractivity contribution is -0.140. The van der Waals surface area contributed by atoms with Gasteiger partial charge in [-0.15, -0.1) is 0 Å². The van der Waals surface area contributed by atoms with Crippen LogP contribution >= 0.6 is 15.9 Å².